The number of pyridine rings is 1. The Morgan fingerprint density at radius 1 is 1.28 bits per heavy atom. The number of ether oxygens (including phenoxy) is 1. The number of nitrogens with zero attached hydrogens (tertiary/aromatic N) is 2. The third kappa shape index (κ3) is 2.85. The minimum atomic E-state index is -1.04. The van der Waals surface area contributed by atoms with Gasteiger partial charge in [0.15, 0.2) is 0 Å². The van der Waals surface area contributed by atoms with E-state index < -0.39 is 17.7 Å². The summed E-state index contributed by atoms with van der Waals surface area (Å²) < 4.78 is 6.32. The molecular weight excluding hydrogens is 344 g/mol. The molecule has 7 heteroatoms. The minimum absolute atomic E-state index is 0.0959. The van der Waals surface area contributed by atoms with Crippen molar-refractivity contribution in [2.75, 3.05) is 7.11 Å². The predicted molar refractivity (Wildman–Crippen MR) is 93.5 cm³/mol. The molecule has 0 aliphatic carbocycles. The normalized spacial score (nSPS) is 12.1. The number of carboxylic acids is 1. The molecule has 6 nitrogen and oxygen atoms in total. The van der Waals surface area contributed by atoms with Crippen LogP contribution in [0, 0.1) is 0 Å². The number of methoxy groups -OCH3 is 1. The van der Waals surface area contributed by atoms with Gasteiger partial charge in [0.2, 0.25) is 5.78 Å². The summed E-state index contributed by atoms with van der Waals surface area (Å²) in [6.07, 6.45) is 1.45. The van der Waals surface area contributed by atoms with Crippen LogP contribution in [0.5, 0.6) is 5.75 Å². The number of ketones is 1. The third-order valence-electron chi connectivity index (χ3n) is 4.08. The second-order valence-electron chi connectivity index (χ2n) is 5.53. The number of rotatable bonds is 5. The van der Waals surface area contributed by atoms with Crippen molar-refractivity contribution < 1.29 is 19.4 Å². The molecule has 0 aliphatic heterocycles. The summed E-state index contributed by atoms with van der Waals surface area (Å²) in [6.45, 7) is 1.52. The second kappa shape index (κ2) is 6.57. The van der Waals surface area contributed by atoms with Gasteiger partial charge < -0.3 is 9.84 Å². The van der Waals surface area contributed by atoms with Crippen LogP contribution in [0.3, 0.4) is 0 Å². The first kappa shape index (κ1) is 17.0. The summed E-state index contributed by atoms with van der Waals surface area (Å²) in [5.74, 6) is -1.94. The molecule has 25 heavy (non-hydrogen) atoms. The average molecular weight is 359 g/mol. The Morgan fingerprint density at radius 2 is 2.00 bits per heavy atom. The molecule has 2 heterocycles. The number of benzene rings is 1. The van der Waals surface area contributed by atoms with Gasteiger partial charge in [-0.25, -0.2) is 4.09 Å². The van der Waals surface area contributed by atoms with E-state index >= 15 is 0 Å². The van der Waals surface area contributed by atoms with Gasteiger partial charge in [0.25, 0.3) is 0 Å². The highest BCUT2D eigenvalue weighted by Gasteiger charge is 2.30. The van der Waals surface area contributed by atoms with Crippen LogP contribution in [0.2, 0.25) is 0 Å². The number of carboxylic acid groups (broad SMARTS) is 1. The summed E-state index contributed by atoms with van der Waals surface area (Å²) in [6, 6.07) is 10.1. The molecule has 0 saturated heterocycles. The number of aliphatic carboxylic acids is 1. The first-order valence-corrected chi connectivity index (χ1v) is 7.86. The number of hydrogen-bond acceptors (Lipinski definition) is 4. The Kier molecular flexibility index (Phi) is 4.46. The SMILES string of the molecule is COc1ccnc(C(=O)c2c(C(C)C(=O)O)c3ccccc3n2Cl)c1. The summed E-state index contributed by atoms with van der Waals surface area (Å²) >= 11 is 6.37. The number of carbonyl (C=O) groups excluding carboxylic acids is 1. The molecule has 0 amide bonds. The molecular formula is C18H15ClN2O4. The van der Waals surface area contributed by atoms with Crippen molar-refractivity contribution in [2.24, 2.45) is 0 Å². The molecule has 0 radical (unpaired) electrons. The van der Waals surface area contributed by atoms with Gasteiger partial charge in [-0.2, -0.15) is 0 Å². The summed E-state index contributed by atoms with van der Waals surface area (Å²) in [7, 11) is 1.49. The van der Waals surface area contributed by atoms with Crippen LogP contribution in [0.15, 0.2) is 42.6 Å². The molecule has 0 fully saturated rings. The maximum Gasteiger partial charge on any atom is 0.310 e. The maximum absolute atomic E-state index is 13.0. The quantitative estimate of drug-likeness (QED) is 0.706. The van der Waals surface area contributed by atoms with Crippen molar-refractivity contribution in [2.45, 2.75) is 12.8 Å². The summed E-state index contributed by atoms with van der Waals surface area (Å²) in [4.78, 5) is 28.7. The molecule has 0 aliphatic rings. The van der Waals surface area contributed by atoms with Gasteiger partial charge in [-0.1, -0.05) is 18.2 Å². The van der Waals surface area contributed by atoms with Crippen LogP contribution < -0.4 is 4.74 Å². The lowest BCUT2D eigenvalue weighted by molar-refractivity contribution is -0.138. The lowest BCUT2D eigenvalue weighted by atomic mass is 9.95. The van der Waals surface area contributed by atoms with Gasteiger partial charge in [0.1, 0.15) is 17.1 Å². The van der Waals surface area contributed by atoms with Crippen LogP contribution in [0.1, 0.15) is 34.6 Å². The lowest BCUT2D eigenvalue weighted by Gasteiger charge is -2.10. The lowest BCUT2D eigenvalue weighted by Crippen LogP contribution is -2.15. The maximum atomic E-state index is 13.0. The number of hydrogen-bond donors (Lipinski definition) is 1. The van der Waals surface area contributed by atoms with E-state index in [0.29, 0.717) is 22.2 Å². The van der Waals surface area contributed by atoms with Crippen molar-refractivity contribution in [3.8, 4) is 5.75 Å². The highest BCUT2D eigenvalue weighted by Crippen LogP contribution is 2.34. The Morgan fingerprint density at radius 3 is 2.68 bits per heavy atom. The third-order valence-corrected chi connectivity index (χ3v) is 4.43. The fraction of sp³-hybridized carbons (Fsp3) is 0.167. The largest absolute Gasteiger partial charge is 0.497 e. The number of halogens is 1. The van der Waals surface area contributed by atoms with E-state index in [2.05, 4.69) is 4.98 Å². The zero-order valence-electron chi connectivity index (χ0n) is 13.6. The molecule has 0 saturated carbocycles. The van der Waals surface area contributed by atoms with E-state index in [4.69, 9.17) is 16.5 Å². The predicted octanol–water partition coefficient (Wildman–Crippen LogP) is 3.47. The first-order valence-electron chi connectivity index (χ1n) is 7.52. The van der Waals surface area contributed by atoms with Crippen LogP contribution in [0.25, 0.3) is 10.9 Å². The molecule has 0 spiro atoms. The molecule has 1 N–H and O–H groups in total. The van der Waals surface area contributed by atoms with E-state index in [0.717, 1.165) is 0 Å². The number of aromatic nitrogens is 2. The standard InChI is InChI=1S/C18H15ClN2O4/c1-10(18(23)24)15-12-5-3-4-6-14(12)21(19)16(15)17(22)13-9-11(25-2)7-8-20-13/h3-10H,1-2H3,(H,23,24). The van der Waals surface area contributed by atoms with Crippen LogP contribution in [-0.2, 0) is 4.79 Å². The number of para-hydroxylation sites is 1. The van der Waals surface area contributed by atoms with Crippen LogP contribution >= 0.6 is 11.8 Å². The number of fused-ring (bicyclic) bond motifs is 1. The zero-order valence-corrected chi connectivity index (χ0v) is 14.3. The first-order chi connectivity index (χ1) is 12.0. The Labute approximate surface area is 148 Å². The van der Waals surface area contributed by atoms with Gasteiger partial charge in [-0.05, 0) is 19.1 Å². The van der Waals surface area contributed by atoms with Crippen molar-refractivity contribution >= 4 is 34.4 Å². The van der Waals surface area contributed by atoms with E-state index in [-0.39, 0.29) is 11.4 Å². The molecule has 0 bridgehead atoms. The Balaban J connectivity index is 2.27. The van der Waals surface area contributed by atoms with Gasteiger partial charge in [-0.15, -0.1) is 0 Å². The highest BCUT2D eigenvalue weighted by molar-refractivity contribution is 6.25. The summed E-state index contributed by atoms with van der Waals surface area (Å²) in [5, 5.41) is 10.1. The van der Waals surface area contributed by atoms with Gasteiger partial charge in [-0.3, -0.25) is 14.6 Å². The fourth-order valence-corrected chi connectivity index (χ4v) is 3.10. The highest BCUT2D eigenvalue weighted by atomic mass is 35.5. The van der Waals surface area contributed by atoms with Gasteiger partial charge in [0.05, 0.1) is 18.5 Å². The van der Waals surface area contributed by atoms with E-state index in [1.54, 1.807) is 30.3 Å². The van der Waals surface area contributed by atoms with E-state index in [9.17, 15) is 14.7 Å². The Hall–Kier alpha value is -2.86. The van der Waals surface area contributed by atoms with Gasteiger partial charge >= 0.3 is 5.97 Å². The Bertz CT molecular complexity index is 980. The average Bonchev–Trinajstić information content (AvgIpc) is 2.93. The van der Waals surface area contributed by atoms with Crippen molar-refractivity contribution in [3.63, 3.8) is 0 Å². The molecule has 3 aromatic rings. The second-order valence-corrected chi connectivity index (χ2v) is 5.87. The van der Waals surface area contributed by atoms with Crippen molar-refractivity contribution in [3.05, 3.63) is 59.5 Å². The van der Waals surface area contributed by atoms with E-state index in [1.165, 1.54) is 30.4 Å². The van der Waals surface area contributed by atoms with Crippen LogP contribution in [-0.4, -0.2) is 33.0 Å². The monoisotopic (exact) mass is 358 g/mol. The zero-order chi connectivity index (χ0) is 18.1. The van der Waals surface area contributed by atoms with Crippen molar-refractivity contribution in [1.29, 1.82) is 0 Å². The molecule has 1 atom stereocenters. The van der Waals surface area contributed by atoms with Gasteiger partial charge in [0, 0.05) is 35.0 Å². The number of carbonyl (C=O) groups is 2. The molecule has 3 rings (SSSR count). The molecule has 2 aromatic heterocycles. The molecule has 1 aromatic carbocycles. The minimum Gasteiger partial charge on any atom is -0.497 e. The molecule has 128 valence electrons. The van der Waals surface area contributed by atoms with Crippen LogP contribution in [0.4, 0.5) is 0 Å². The smallest absolute Gasteiger partial charge is 0.310 e. The van der Waals surface area contributed by atoms with Crippen molar-refractivity contribution in [1.82, 2.24) is 9.07 Å². The molecule has 1 unspecified atom stereocenters. The topological polar surface area (TPSA) is 81.4 Å². The fourth-order valence-electron chi connectivity index (χ4n) is 2.78. The van der Waals surface area contributed by atoms with E-state index in [1.807, 2.05) is 0 Å². The summed E-state index contributed by atoms with van der Waals surface area (Å²) in [5.41, 5.74) is 1.16.